The number of anilines is 2. The fraction of sp³-hybridized carbons (Fsp3) is 0.333. The SMILES string of the molecule is Cc1cc(NC(=O)[C@H]2CC(=O)N(c3c(C)cccc3C)C2)cc(C)c1Br. The number of nitrogens with zero attached hydrogens (tertiary/aromatic N) is 1. The van der Waals surface area contributed by atoms with Gasteiger partial charge in [0.25, 0.3) is 0 Å². The number of carbonyl (C=O) groups is 2. The highest BCUT2D eigenvalue weighted by Crippen LogP contribution is 2.32. The van der Waals surface area contributed by atoms with E-state index >= 15 is 0 Å². The highest BCUT2D eigenvalue weighted by atomic mass is 79.9. The average Bonchev–Trinajstić information content (AvgIpc) is 2.94. The standard InChI is InChI=1S/C21H23BrN2O2/c1-12-6-5-7-13(2)20(12)24-11-16(10-18(24)25)21(26)23-17-8-14(3)19(22)15(4)9-17/h5-9,16H,10-11H2,1-4H3,(H,23,26)/t16-/m0/s1. The molecule has 1 heterocycles. The molecule has 3 rings (SSSR count). The van der Waals surface area contributed by atoms with Crippen LogP contribution in [0.2, 0.25) is 0 Å². The largest absolute Gasteiger partial charge is 0.326 e. The smallest absolute Gasteiger partial charge is 0.229 e. The Morgan fingerprint density at radius 2 is 1.65 bits per heavy atom. The number of para-hydroxylation sites is 1. The summed E-state index contributed by atoms with van der Waals surface area (Å²) in [6.45, 7) is 8.40. The van der Waals surface area contributed by atoms with Crippen LogP contribution < -0.4 is 10.2 Å². The summed E-state index contributed by atoms with van der Waals surface area (Å²) in [5.41, 5.74) is 5.95. The van der Waals surface area contributed by atoms with E-state index in [9.17, 15) is 9.59 Å². The summed E-state index contributed by atoms with van der Waals surface area (Å²) in [4.78, 5) is 27.0. The zero-order chi connectivity index (χ0) is 19.0. The molecule has 0 spiro atoms. The fourth-order valence-corrected chi connectivity index (χ4v) is 3.82. The first-order valence-electron chi connectivity index (χ1n) is 8.72. The Morgan fingerprint density at radius 3 is 2.23 bits per heavy atom. The fourth-order valence-electron chi connectivity index (χ4n) is 3.59. The molecule has 0 aromatic heterocycles. The maximum absolute atomic E-state index is 12.7. The molecular formula is C21H23BrN2O2. The molecule has 0 saturated carbocycles. The van der Waals surface area contributed by atoms with Gasteiger partial charge in [0.2, 0.25) is 11.8 Å². The van der Waals surface area contributed by atoms with E-state index in [2.05, 4.69) is 21.2 Å². The molecule has 136 valence electrons. The Labute approximate surface area is 162 Å². The predicted molar refractivity (Wildman–Crippen MR) is 109 cm³/mol. The zero-order valence-corrected chi connectivity index (χ0v) is 17.1. The van der Waals surface area contributed by atoms with Gasteiger partial charge in [-0.3, -0.25) is 9.59 Å². The van der Waals surface area contributed by atoms with Gasteiger partial charge in [-0.05, 0) is 62.1 Å². The molecule has 1 atom stereocenters. The maximum atomic E-state index is 12.7. The molecule has 0 bridgehead atoms. The lowest BCUT2D eigenvalue weighted by atomic mass is 10.1. The van der Waals surface area contributed by atoms with E-state index in [4.69, 9.17) is 0 Å². The molecule has 0 aliphatic carbocycles. The van der Waals surface area contributed by atoms with E-state index in [0.29, 0.717) is 6.54 Å². The zero-order valence-electron chi connectivity index (χ0n) is 15.5. The number of benzene rings is 2. The van der Waals surface area contributed by atoms with Gasteiger partial charge in [-0.15, -0.1) is 0 Å². The minimum absolute atomic E-state index is 0.00529. The summed E-state index contributed by atoms with van der Waals surface area (Å²) in [6.07, 6.45) is 0.244. The Bertz CT molecular complexity index is 848. The molecule has 1 aliphatic heterocycles. The van der Waals surface area contributed by atoms with E-state index < -0.39 is 0 Å². The van der Waals surface area contributed by atoms with Crippen molar-refractivity contribution in [2.45, 2.75) is 34.1 Å². The number of nitrogens with one attached hydrogen (secondary N) is 1. The van der Waals surface area contributed by atoms with Crippen molar-refractivity contribution < 1.29 is 9.59 Å². The molecule has 2 aromatic rings. The Kier molecular flexibility index (Phi) is 5.19. The summed E-state index contributed by atoms with van der Waals surface area (Å²) >= 11 is 3.54. The summed E-state index contributed by atoms with van der Waals surface area (Å²) in [5, 5.41) is 2.98. The summed E-state index contributed by atoms with van der Waals surface area (Å²) in [5.74, 6) is -0.440. The van der Waals surface area contributed by atoms with Gasteiger partial charge in [-0.2, -0.15) is 0 Å². The van der Waals surface area contributed by atoms with Gasteiger partial charge in [0.1, 0.15) is 0 Å². The van der Waals surface area contributed by atoms with Gasteiger partial charge >= 0.3 is 0 Å². The first kappa shape index (κ1) is 18.6. The van der Waals surface area contributed by atoms with Crippen molar-refractivity contribution in [3.63, 3.8) is 0 Å². The van der Waals surface area contributed by atoms with Crippen LogP contribution in [-0.4, -0.2) is 18.4 Å². The summed E-state index contributed by atoms with van der Waals surface area (Å²) in [7, 11) is 0. The lowest BCUT2D eigenvalue weighted by Gasteiger charge is -2.21. The quantitative estimate of drug-likeness (QED) is 0.792. The van der Waals surface area contributed by atoms with Crippen molar-refractivity contribution in [3.8, 4) is 0 Å². The van der Waals surface area contributed by atoms with Gasteiger partial charge in [-0.1, -0.05) is 34.1 Å². The van der Waals surface area contributed by atoms with E-state index in [-0.39, 0.29) is 24.2 Å². The third-order valence-electron chi connectivity index (χ3n) is 4.91. The first-order valence-corrected chi connectivity index (χ1v) is 9.51. The van der Waals surface area contributed by atoms with E-state index in [1.807, 2.05) is 58.0 Å². The van der Waals surface area contributed by atoms with Gasteiger partial charge in [-0.25, -0.2) is 0 Å². The molecule has 0 radical (unpaired) electrons. The molecule has 2 amide bonds. The Balaban J connectivity index is 1.77. The molecular weight excluding hydrogens is 392 g/mol. The number of hydrogen-bond donors (Lipinski definition) is 1. The number of carbonyl (C=O) groups excluding carboxylic acids is 2. The van der Waals surface area contributed by atoms with Crippen molar-refractivity contribution in [2.24, 2.45) is 5.92 Å². The Hall–Kier alpha value is -2.14. The van der Waals surface area contributed by atoms with Crippen LogP contribution in [0.15, 0.2) is 34.8 Å². The topological polar surface area (TPSA) is 49.4 Å². The maximum Gasteiger partial charge on any atom is 0.229 e. The van der Waals surface area contributed by atoms with Crippen LogP contribution in [0.3, 0.4) is 0 Å². The second-order valence-corrected chi connectivity index (χ2v) is 7.85. The second-order valence-electron chi connectivity index (χ2n) is 7.06. The van der Waals surface area contributed by atoms with Crippen LogP contribution in [0, 0.1) is 33.6 Å². The summed E-state index contributed by atoms with van der Waals surface area (Å²) in [6, 6.07) is 9.86. The highest BCUT2D eigenvalue weighted by molar-refractivity contribution is 9.10. The molecule has 0 unspecified atom stereocenters. The van der Waals surface area contributed by atoms with Crippen molar-refractivity contribution in [1.82, 2.24) is 0 Å². The second kappa shape index (κ2) is 7.23. The Morgan fingerprint density at radius 1 is 1.08 bits per heavy atom. The number of amides is 2. The van der Waals surface area contributed by atoms with Crippen LogP contribution in [0.5, 0.6) is 0 Å². The molecule has 2 aromatic carbocycles. The molecule has 1 fully saturated rings. The number of halogens is 1. The normalized spacial score (nSPS) is 16.9. The van der Waals surface area contributed by atoms with Crippen molar-refractivity contribution in [3.05, 3.63) is 57.1 Å². The number of rotatable bonds is 3. The lowest BCUT2D eigenvalue weighted by molar-refractivity contribution is -0.122. The molecule has 1 saturated heterocycles. The van der Waals surface area contributed by atoms with Crippen LogP contribution >= 0.6 is 15.9 Å². The van der Waals surface area contributed by atoms with Gasteiger partial charge in [0.15, 0.2) is 0 Å². The number of aryl methyl sites for hydroxylation is 4. The molecule has 26 heavy (non-hydrogen) atoms. The van der Waals surface area contributed by atoms with Crippen molar-refractivity contribution in [1.29, 1.82) is 0 Å². The molecule has 1 aliphatic rings. The molecule has 5 heteroatoms. The minimum atomic E-state index is -0.342. The highest BCUT2D eigenvalue weighted by Gasteiger charge is 2.36. The predicted octanol–water partition coefficient (Wildman–Crippen LogP) is 4.67. The van der Waals surface area contributed by atoms with E-state index in [1.54, 1.807) is 4.90 Å². The lowest BCUT2D eigenvalue weighted by Crippen LogP contribution is -2.29. The minimum Gasteiger partial charge on any atom is -0.326 e. The average molecular weight is 415 g/mol. The van der Waals surface area contributed by atoms with Crippen molar-refractivity contribution >= 4 is 39.1 Å². The van der Waals surface area contributed by atoms with E-state index in [1.165, 1.54) is 0 Å². The number of hydrogen-bond acceptors (Lipinski definition) is 2. The van der Waals surface area contributed by atoms with Gasteiger partial charge in [0.05, 0.1) is 5.92 Å². The van der Waals surface area contributed by atoms with Crippen molar-refractivity contribution in [2.75, 3.05) is 16.8 Å². The third-order valence-corrected chi connectivity index (χ3v) is 6.16. The van der Waals surface area contributed by atoms with Gasteiger partial charge in [0, 0.05) is 28.8 Å². The van der Waals surface area contributed by atoms with Crippen LogP contribution in [0.25, 0.3) is 0 Å². The molecule has 1 N–H and O–H groups in total. The van der Waals surface area contributed by atoms with Crippen LogP contribution in [0.1, 0.15) is 28.7 Å². The van der Waals surface area contributed by atoms with Crippen LogP contribution in [-0.2, 0) is 9.59 Å². The third kappa shape index (κ3) is 3.54. The summed E-state index contributed by atoms with van der Waals surface area (Å²) < 4.78 is 1.05. The van der Waals surface area contributed by atoms with E-state index in [0.717, 1.165) is 38.1 Å². The van der Waals surface area contributed by atoms with Crippen LogP contribution in [0.4, 0.5) is 11.4 Å². The monoisotopic (exact) mass is 414 g/mol. The van der Waals surface area contributed by atoms with Gasteiger partial charge < -0.3 is 10.2 Å². The molecule has 4 nitrogen and oxygen atoms in total. The first-order chi connectivity index (χ1) is 12.3.